The van der Waals surface area contributed by atoms with E-state index in [2.05, 4.69) is 11.4 Å². The number of benzene rings is 2. The second kappa shape index (κ2) is 7.39. The number of hydrogen-bond acceptors (Lipinski definition) is 3. The van der Waals surface area contributed by atoms with Crippen molar-refractivity contribution in [1.29, 1.82) is 0 Å². The van der Waals surface area contributed by atoms with Crippen LogP contribution in [0.1, 0.15) is 40.4 Å². The van der Waals surface area contributed by atoms with Crippen LogP contribution in [-0.2, 0) is 16.4 Å². The molecule has 1 unspecified atom stereocenters. The summed E-state index contributed by atoms with van der Waals surface area (Å²) in [5, 5.41) is 3.23. The van der Waals surface area contributed by atoms with Crippen molar-refractivity contribution in [3.05, 3.63) is 64.2 Å². The quantitative estimate of drug-likeness (QED) is 0.867. The SMILES string of the molecule is CN(C)S(=O)(=O)c1ccc(Cl)c(C(=O)NC2CCCc3ccccc32)c1. The van der Waals surface area contributed by atoms with E-state index in [4.69, 9.17) is 11.6 Å². The summed E-state index contributed by atoms with van der Waals surface area (Å²) in [4.78, 5) is 12.8. The molecule has 5 nitrogen and oxygen atoms in total. The van der Waals surface area contributed by atoms with E-state index >= 15 is 0 Å². The number of aryl methyl sites for hydroxylation is 1. The van der Waals surface area contributed by atoms with Gasteiger partial charge in [-0.25, -0.2) is 12.7 Å². The fourth-order valence-corrected chi connectivity index (χ4v) is 4.32. The summed E-state index contributed by atoms with van der Waals surface area (Å²) in [6.07, 6.45) is 2.83. The molecule has 7 heteroatoms. The molecule has 0 spiro atoms. The first kappa shape index (κ1) is 18.9. The fraction of sp³-hybridized carbons (Fsp3) is 0.316. The lowest BCUT2D eigenvalue weighted by Gasteiger charge is -2.26. The van der Waals surface area contributed by atoms with Crippen molar-refractivity contribution >= 4 is 27.5 Å². The Morgan fingerprint density at radius 1 is 1.19 bits per heavy atom. The molecule has 2 aromatic rings. The summed E-state index contributed by atoms with van der Waals surface area (Å²) in [7, 11) is -0.743. The van der Waals surface area contributed by atoms with Crippen LogP contribution in [0.25, 0.3) is 0 Å². The highest BCUT2D eigenvalue weighted by Gasteiger charge is 2.25. The Balaban J connectivity index is 1.90. The first-order valence-electron chi connectivity index (χ1n) is 8.41. The maximum absolute atomic E-state index is 12.8. The molecular formula is C19H21ClN2O3S. The first-order chi connectivity index (χ1) is 12.3. The van der Waals surface area contributed by atoms with Crippen molar-refractivity contribution in [3.63, 3.8) is 0 Å². The highest BCUT2D eigenvalue weighted by molar-refractivity contribution is 7.89. The topological polar surface area (TPSA) is 66.5 Å². The molecule has 1 amide bonds. The van der Waals surface area contributed by atoms with E-state index < -0.39 is 10.0 Å². The largest absolute Gasteiger partial charge is 0.345 e. The molecule has 0 saturated carbocycles. The van der Waals surface area contributed by atoms with E-state index in [9.17, 15) is 13.2 Å². The van der Waals surface area contributed by atoms with Crippen LogP contribution in [0.2, 0.25) is 5.02 Å². The fourth-order valence-electron chi connectivity index (χ4n) is 3.19. The molecule has 2 aromatic carbocycles. The van der Waals surface area contributed by atoms with Crippen molar-refractivity contribution in [1.82, 2.24) is 9.62 Å². The average molecular weight is 393 g/mol. The van der Waals surface area contributed by atoms with Gasteiger partial charge >= 0.3 is 0 Å². The van der Waals surface area contributed by atoms with E-state index in [0.29, 0.717) is 0 Å². The van der Waals surface area contributed by atoms with Crippen LogP contribution in [0.3, 0.4) is 0 Å². The third kappa shape index (κ3) is 3.63. The molecule has 0 saturated heterocycles. The smallest absolute Gasteiger partial charge is 0.253 e. The van der Waals surface area contributed by atoms with Crippen LogP contribution in [0.5, 0.6) is 0 Å². The van der Waals surface area contributed by atoms with Crippen LogP contribution < -0.4 is 5.32 Å². The molecule has 0 aliphatic heterocycles. The molecule has 1 aliphatic rings. The Bertz CT molecular complexity index is 942. The summed E-state index contributed by atoms with van der Waals surface area (Å²) in [5.41, 5.74) is 2.51. The van der Waals surface area contributed by atoms with E-state index in [-0.39, 0.29) is 27.4 Å². The van der Waals surface area contributed by atoms with Gasteiger partial charge in [-0.1, -0.05) is 35.9 Å². The second-order valence-electron chi connectivity index (χ2n) is 6.55. The molecule has 0 heterocycles. The van der Waals surface area contributed by atoms with Crippen molar-refractivity contribution in [3.8, 4) is 0 Å². The lowest BCUT2D eigenvalue weighted by molar-refractivity contribution is 0.0932. The van der Waals surface area contributed by atoms with Gasteiger partial charge in [0.1, 0.15) is 0 Å². The molecule has 0 radical (unpaired) electrons. The van der Waals surface area contributed by atoms with Crippen molar-refractivity contribution in [2.75, 3.05) is 14.1 Å². The third-order valence-corrected chi connectivity index (χ3v) is 6.78. The van der Waals surface area contributed by atoms with E-state index in [1.165, 1.54) is 37.9 Å². The number of nitrogens with one attached hydrogen (secondary N) is 1. The molecule has 3 rings (SSSR count). The number of halogens is 1. The number of hydrogen-bond donors (Lipinski definition) is 1. The van der Waals surface area contributed by atoms with E-state index in [0.717, 1.165) is 29.1 Å². The number of carbonyl (C=O) groups is 1. The van der Waals surface area contributed by atoms with E-state index in [1.807, 2.05) is 18.2 Å². The predicted octanol–water partition coefficient (Wildman–Crippen LogP) is 3.40. The summed E-state index contributed by atoms with van der Waals surface area (Å²) >= 11 is 6.17. The van der Waals surface area contributed by atoms with Crippen molar-refractivity contribution in [2.45, 2.75) is 30.2 Å². The highest BCUT2D eigenvalue weighted by Crippen LogP contribution is 2.30. The normalized spacial score (nSPS) is 17.0. The summed E-state index contributed by atoms with van der Waals surface area (Å²) in [6.45, 7) is 0. The van der Waals surface area contributed by atoms with Gasteiger partial charge in [0.15, 0.2) is 0 Å². The lowest BCUT2D eigenvalue weighted by Crippen LogP contribution is -2.31. The Kier molecular flexibility index (Phi) is 5.37. The van der Waals surface area contributed by atoms with Gasteiger partial charge in [-0.05, 0) is 48.6 Å². The van der Waals surface area contributed by atoms with Gasteiger partial charge in [-0.3, -0.25) is 4.79 Å². The van der Waals surface area contributed by atoms with Gasteiger partial charge in [-0.15, -0.1) is 0 Å². The van der Waals surface area contributed by atoms with Crippen LogP contribution >= 0.6 is 11.6 Å². The minimum absolute atomic E-state index is 0.0427. The van der Waals surface area contributed by atoms with Gasteiger partial charge in [0.2, 0.25) is 10.0 Å². The van der Waals surface area contributed by atoms with Gasteiger partial charge in [-0.2, -0.15) is 0 Å². The molecule has 26 heavy (non-hydrogen) atoms. The molecule has 1 atom stereocenters. The number of rotatable bonds is 4. The molecule has 1 aliphatic carbocycles. The zero-order valence-electron chi connectivity index (χ0n) is 14.7. The van der Waals surface area contributed by atoms with Crippen LogP contribution in [0.15, 0.2) is 47.4 Å². The minimum Gasteiger partial charge on any atom is -0.345 e. The monoisotopic (exact) mass is 392 g/mol. The minimum atomic E-state index is -3.64. The van der Waals surface area contributed by atoms with E-state index in [1.54, 1.807) is 0 Å². The molecule has 1 N–H and O–H groups in total. The van der Waals surface area contributed by atoms with Crippen LogP contribution in [0, 0.1) is 0 Å². The van der Waals surface area contributed by atoms with Gasteiger partial charge in [0.25, 0.3) is 5.91 Å². The molecule has 138 valence electrons. The maximum Gasteiger partial charge on any atom is 0.253 e. The standard InChI is InChI=1S/C19H21ClN2O3S/c1-22(2)26(24,25)14-10-11-17(20)16(12-14)19(23)21-18-9-5-7-13-6-3-4-8-15(13)18/h3-4,6,8,10-12,18H,5,7,9H2,1-2H3,(H,21,23). The Morgan fingerprint density at radius 2 is 1.92 bits per heavy atom. The summed E-state index contributed by atoms with van der Waals surface area (Å²) < 4.78 is 25.8. The third-order valence-electron chi connectivity index (χ3n) is 4.64. The number of carbonyl (C=O) groups excluding carboxylic acids is 1. The zero-order chi connectivity index (χ0) is 18.9. The molecule has 0 bridgehead atoms. The van der Waals surface area contributed by atoms with Gasteiger partial charge < -0.3 is 5.32 Å². The number of amides is 1. The zero-order valence-corrected chi connectivity index (χ0v) is 16.3. The van der Waals surface area contributed by atoms with Gasteiger partial charge in [0.05, 0.1) is 21.5 Å². The molecular weight excluding hydrogens is 372 g/mol. The maximum atomic E-state index is 12.8. The Morgan fingerprint density at radius 3 is 2.65 bits per heavy atom. The summed E-state index contributed by atoms with van der Waals surface area (Å²) in [6, 6.07) is 12.1. The number of nitrogens with zero attached hydrogens (tertiary/aromatic N) is 1. The first-order valence-corrected chi connectivity index (χ1v) is 10.2. The predicted molar refractivity (Wildman–Crippen MR) is 102 cm³/mol. The van der Waals surface area contributed by atoms with Crippen molar-refractivity contribution < 1.29 is 13.2 Å². The lowest BCUT2D eigenvalue weighted by atomic mass is 9.87. The number of sulfonamides is 1. The molecule has 0 fully saturated rings. The molecule has 0 aromatic heterocycles. The number of fused-ring (bicyclic) bond motifs is 1. The highest BCUT2D eigenvalue weighted by atomic mass is 35.5. The second-order valence-corrected chi connectivity index (χ2v) is 9.11. The van der Waals surface area contributed by atoms with Crippen LogP contribution in [-0.4, -0.2) is 32.7 Å². The Hall–Kier alpha value is -1.89. The van der Waals surface area contributed by atoms with Crippen molar-refractivity contribution in [2.24, 2.45) is 0 Å². The van der Waals surface area contributed by atoms with Crippen LogP contribution in [0.4, 0.5) is 0 Å². The summed E-state index contributed by atoms with van der Waals surface area (Å²) in [5.74, 6) is -0.368. The van der Waals surface area contributed by atoms with Gasteiger partial charge in [0, 0.05) is 14.1 Å². The average Bonchev–Trinajstić information content (AvgIpc) is 2.62. The Labute approximate surface area is 159 Å².